The van der Waals surface area contributed by atoms with Gasteiger partial charge in [-0.25, -0.2) is 4.98 Å². The van der Waals surface area contributed by atoms with Gasteiger partial charge in [-0.2, -0.15) is 0 Å². The number of carbonyl (C=O) groups is 1. The van der Waals surface area contributed by atoms with E-state index in [1.807, 2.05) is 31.2 Å². The molecule has 2 aromatic carbocycles. The van der Waals surface area contributed by atoms with Crippen LogP contribution in [0.5, 0.6) is 11.5 Å². The predicted octanol–water partition coefficient (Wildman–Crippen LogP) is 3.71. The van der Waals surface area contributed by atoms with Crippen LogP contribution >= 0.6 is 15.9 Å². The van der Waals surface area contributed by atoms with Crippen molar-refractivity contribution in [1.29, 1.82) is 0 Å². The minimum Gasteiger partial charge on any atom is -0.486 e. The number of halogens is 1. The number of aromatic amines is 1. The fourth-order valence-electron chi connectivity index (χ4n) is 3.19. The highest BCUT2D eigenvalue weighted by Gasteiger charge is 2.17. The zero-order valence-corrected chi connectivity index (χ0v) is 17.9. The first-order chi connectivity index (χ1) is 14.5. The lowest BCUT2D eigenvalue weighted by atomic mass is 10.1. The van der Waals surface area contributed by atoms with E-state index in [1.165, 1.54) is 6.07 Å². The van der Waals surface area contributed by atoms with E-state index in [1.54, 1.807) is 12.1 Å². The molecule has 0 spiro atoms. The Labute approximate surface area is 181 Å². The largest absolute Gasteiger partial charge is 0.486 e. The Bertz CT molecular complexity index is 1160. The number of rotatable bonds is 5. The first-order valence-electron chi connectivity index (χ1n) is 9.60. The van der Waals surface area contributed by atoms with Crippen molar-refractivity contribution in [1.82, 2.24) is 9.97 Å². The average Bonchev–Trinajstić information content (AvgIpc) is 2.74. The maximum Gasteiger partial charge on any atom is 0.251 e. The molecule has 0 saturated carbocycles. The molecule has 2 N–H and O–H groups in total. The van der Waals surface area contributed by atoms with Gasteiger partial charge in [0.1, 0.15) is 19.0 Å². The lowest BCUT2D eigenvalue weighted by Gasteiger charge is -2.19. The van der Waals surface area contributed by atoms with Crippen molar-refractivity contribution in [3.8, 4) is 22.9 Å². The number of H-pyrrole nitrogens is 1. The highest BCUT2D eigenvalue weighted by molar-refractivity contribution is 9.10. The van der Waals surface area contributed by atoms with Crippen LogP contribution in [0.15, 0.2) is 51.7 Å². The summed E-state index contributed by atoms with van der Waals surface area (Å²) in [4.78, 5) is 31.7. The lowest BCUT2D eigenvalue weighted by molar-refractivity contribution is -0.115. The molecule has 154 valence electrons. The summed E-state index contributed by atoms with van der Waals surface area (Å²) in [7, 11) is 0. The first-order valence-corrected chi connectivity index (χ1v) is 10.4. The summed E-state index contributed by atoms with van der Waals surface area (Å²) in [6.07, 6.45) is 0.833. The van der Waals surface area contributed by atoms with Gasteiger partial charge in [0.25, 0.3) is 5.56 Å². The molecule has 0 atom stereocenters. The Balaban J connectivity index is 1.51. The third-order valence-electron chi connectivity index (χ3n) is 4.64. The number of aryl methyl sites for hydroxylation is 1. The van der Waals surface area contributed by atoms with Gasteiger partial charge >= 0.3 is 0 Å². The number of amides is 1. The van der Waals surface area contributed by atoms with Crippen LogP contribution in [0.1, 0.15) is 18.2 Å². The van der Waals surface area contributed by atoms with Crippen LogP contribution in [0.2, 0.25) is 0 Å². The third kappa shape index (κ3) is 4.54. The molecule has 30 heavy (non-hydrogen) atoms. The predicted molar refractivity (Wildman–Crippen MR) is 117 cm³/mol. The summed E-state index contributed by atoms with van der Waals surface area (Å²) in [6, 6.07) is 12.4. The van der Waals surface area contributed by atoms with Crippen LogP contribution in [0.25, 0.3) is 11.4 Å². The highest BCUT2D eigenvalue weighted by Crippen LogP contribution is 2.35. The molecule has 3 aromatic rings. The number of benzene rings is 2. The van der Waals surface area contributed by atoms with Gasteiger partial charge in [0.15, 0.2) is 11.5 Å². The quantitative estimate of drug-likeness (QED) is 0.593. The minimum atomic E-state index is -0.199. The summed E-state index contributed by atoms with van der Waals surface area (Å²) < 4.78 is 11.9. The van der Waals surface area contributed by atoms with Crippen molar-refractivity contribution in [2.45, 2.75) is 19.8 Å². The van der Waals surface area contributed by atoms with Crippen LogP contribution in [-0.4, -0.2) is 29.1 Å². The highest BCUT2D eigenvalue weighted by atomic mass is 79.9. The summed E-state index contributed by atoms with van der Waals surface area (Å²) in [5.74, 6) is 1.61. The van der Waals surface area contributed by atoms with E-state index < -0.39 is 0 Å². The van der Waals surface area contributed by atoms with Gasteiger partial charge in [-0.15, -0.1) is 0 Å². The summed E-state index contributed by atoms with van der Waals surface area (Å²) in [5.41, 5.74) is 2.66. The molecule has 0 unspecified atom stereocenters. The third-order valence-corrected chi connectivity index (χ3v) is 5.38. The molecule has 1 amide bonds. The van der Waals surface area contributed by atoms with Gasteiger partial charge in [0, 0.05) is 27.5 Å². The number of anilines is 1. The van der Waals surface area contributed by atoms with Gasteiger partial charge in [-0.1, -0.05) is 35.0 Å². The van der Waals surface area contributed by atoms with Crippen LogP contribution in [-0.2, 0) is 17.6 Å². The molecule has 0 radical (unpaired) electrons. The standard InChI is InChI=1S/C22H20BrN3O4/c1-2-15-11-21(28)26-22(25-15)13-4-3-5-16(8-13)24-20(27)10-14-9-18-19(12-17(14)23)30-7-6-29-18/h3-5,8-9,11-12H,2,6-7,10H2,1H3,(H,24,27)(H,25,26,28). The van der Waals surface area contributed by atoms with Crippen molar-refractivity contribution in [2.24, 2.45) is 0 Å². The topological polar surface area (TPSA) is 93.3 Å². The maximum atomic E-state index is 12.6. The van der Waals surface area contributed by atoms with Crippen LogP contribution in [0.4, 0.5) is 5.69 Å². The molecule has 1 aliphatic heterocycles. The number of ether oxygens (including phenoxy) is 2. The van der Waals surface area contributed by atoms with Gasteiger partial charge in [-0.05, 0) is 36.2 Å². The lowest BCUT2D eigenvalue weighted by Crippen LogP contribution is -2.17. The Morgan fingerprint density at radius 1 is 1.17 bits per heavy atom. The molecule has 1 aliphatic rings. The maximum absolute atomic E-state index is 12.6. The van der Waals surface area contributed by atoms with Crippen molar-refractivity contribution in [3.05, 3.63) is 68.5 Å². The molecule has 0 bridgehead atoms. The first kappa shape index (κ1) is 20.2. The Kier molecular flexibility index (Phi) is 5.85. The monoisotopic (exact) mass is 469 g/mol. The fraction of sp³-hybridized carbons (Fsp3) is 0.227. The number of carbonyl (C=O) groups excluding carboxylic acids is 1. The van der Waals surface area contributed by atoms with E-state index in [0.29, 0.717) is 48.3 Å². The summed E-state index contributed by atoms with van der Waals surface area (Å²) in [5, 5.41) is 2.90. The van der Waals surface area contributed by atoms with E-state index in [9.17, 15) is 9.59 Å². The smallest absolute Gasteiger partial charge is 0.251 e. The minimum absolute atomic E-state index is 0.169. The van der Waals surface area contributed by atoms with Crippen LogP contribution in [0, 0.1) is 0 Å². The van der Waals surface area contributed by atoms with Crippen molar-refractivity contribution in [2.75, 3.05) is 18.5 Å². The summed E-state index contributed by atoms with van der Waals surface area (Å²) >= 11 is 3.49. The molecule has 0 fully saturated rings. The van der Waals surface area contributed by atoms with E-state index in [2.05, 4.69) is 31.2 Å². The normalized spacial score (nSPS) is 12.5. The number of nitrogens with zero attached hydrogens (tertiary/aromatic N) is 1. The molecule has 0 saturated heterocycles. The van der Waals surface area contributed by atoms with Crippen molar-refractivity contribution >= 4 is 27.5 Å². The second kappa shape index (κ2) is 8.71. The van der Waals surface area contributed by atoms with E-state index in [4.69, 9.17) is 9.47 Å². The fourth-order valence-corrected chi connectivity index (χ4v) is 3.65. The number of nitrogens with one attached hydrogen (secondary N) is 2. The van der Waals surface area contributed by atoms with Gasteiger partial charge in [-0.3, -0.25) is 9.59 Å². The second-order valence-electron chi connectivity index (χ2n) is 6.83. The van der Waals surface area contributed by atoms with Gasteiger partial charge < -0.3 is 19.8 Å². The molecule has 4 rings (SSSR count). The average molecular weight is 470 g/mol. The van der Waals surface area contributed by atoms with Crippen molar-refractivity contribution < 1.29 is 14.3 Å². The molecular weight excluding hydrogens is 450 g/mol. The summed E-state index contributed by atoms with van der Waals surface area (Å²) in [6.45, 7) is 2.94. The Hall–Kier alpha value is -3.13. The zero-order valence-electron chi connectivity index (χ0n) is 16.3. The van der Waals surface area contributed by atoms with E-state index >= 15 is 0 Å². The number of fused-ring (bicyclic) bond motifs is 1. The molecule has 1 aromatic heterocycles. The Morgan fingerprint density at radius 2 is 1.93 bits per heavy atom. The van der Waals surface area contributed by atoms with Crippen LogP contribution < -0.4 is 20.3 Å². The van der Waals surface area contributed by atoms with Crippen LogP contribution in [0.3, 0.4) is 0 Å². The number of hydrogen-bond acceptors (Lipinski definition) is 5. The Morgan fingerprint density at radius 3 is 2.70 bits per heavy atom. The number of aromatic nitrogens is 2. The molecule has 7 nitrogen and oxygen atoms in total. The molecule has 2 heterocycles. The van der Waals surface area contributed by atoms with Gasteiger partial charge in [0.05, 0.1) is 6.42 Å². The molecule has 8 heteroatoms. The van der Waals surface area contributed by atoms with Gasteiger partial charge in [0.2, 0.25) is 5.91 Å². The number of hydrogen-bond donors (Lipinski definition) is 2. The zero-order chi connectivity index (χ0) is 21.1. The van der Waals surface area contributed by atoms with E-state index in [-0.39, 0.29) is 17.9 Å². The van der Waals surface area contributed by atoms with E-state index in [0.717, 1.165) is 15.6 Å². The SMILES string of the molecule is CCc1cc(=O)[nH]c(-c2cccc(NC(=O)Cc3cc4c(cc3Br)OCCO4)c2)n1. The molecular formula is C22H20BrN3O4. The van der Waals surface area contributed by atoms with Crippen molar-refractivity contribution in [3.63, 3.8) is 0 Å². The molecule has 0 aliphatic carbocycles. The second-order valence-corrected chi connectivity index (χ2v) is 7.69.